The molecule has 0 atom stereocenters. The number of hydrogen-bond acceptors (Lipinski definition) is 5. The zero-order chi connectivity index (χ0) is 21.3. The number of furan rings is 1. The molecule has 1 amide bonds. The number of amides is 1. The van der Waals surface area contributed by atoms with Crippen LogP contribution < -0.4 is 10.1 Å². The molecule has 0 spiro atoms. The van der Waals surface area contributed by atoms with Crippen molar-refractivity contribution in [3.8, 4) is 17.1 Å². The lowest BCUT2D eigenvalue weighted by Gasteiger charge is -2.04. The predicted octanol–water partition coefficient (Wildman–Crippen LogP) is 6.81. The van der Waals surface area contributed by atoms with E-state index in [2.05, 4.69) is 10.3 Å². The van der Waals surface area contributed by atoms with Crippen molar-refractivity contribution in [1.29, 1.82) is 0 Å². The Balaban J connectivity index is 1.59. The van der Waals surface area contributed by atoms with Gasteiger partial charge in [0.05, 0.1) is 22.1 Å². The molecule has 9 heteroatoms. The number of thioether (sulfide) groups is 1. The average molecular weight is 480 g/mol. The summed E-state index contributed by atoms with van der Waals surface area (Å²) in [6.45, 7) is 0. The SMILES string of the molecule is COc1ccc(Cl)cc1N=C1NC(=O)/C(=C/c2ccc(-c3cccc(Cl)c3Cl)o2)S1. The van der Waals surface area contributed by atoms with Crippen molar-refractivity contribution >= 4 is 69.4 Å². The first kappa shape index (κ1) is 20.9. The molecule has 3 aromatic rings. The summed E-state index contributed by atoms with van der Waals surface area (Å²) in [6.07, 6.45) is 1.64. The second kappa shape index (κ2) is 8.78. The average Bonchev–Trinajstić information content (AvgIpc) is 3.31. The van der Waals surface area contributed by atoms with Crippen molar-refractivity contribution in [2.24, 2.45) is 4.99 Å². The van der Waals surface area contributed by atoms with Crippen LogP contribution in [0.1, 0.15) is 5.76 Å². The second-order valence-electron chi connectivity index (χ2n) is 6.10. The first-order chi connectivity index (χ1) is 14.4. The Bertz CT molecular complexity index is 1200. The summed E-state index contributed by atoms with van der Waals surface area (Å²) < 4.78 is 11.1. The van der Waals surface area contributed by atoms with Crippen LogP contribution in [0.4, 0.5) is 5.69 Å². The molecular weight excluding hydrogens is 467 g/mol. The number of benzene rings is 2. The van der Waals surface area contributed by atoms with Crippen molar-refractivity contribution in [3.05, 3.63) is 74.3 Å². The Kier molecular flexibility index (Phi) is 6.11. The Morgan fingerprint density at radius 2 is 1.97 bits per heavy atom. The number of amidine groups is 1. The smallest absolute Gasteiger partial charge is 0.264 e. The van der Waals surface area contributed by atoms with Gasteiger partial charge in [-0.15, -0.1) is 0 Å². The maximum absolute atomic E-state index is 12.4. The maximum atomic E-state index is 12.4. The van der Waals surface area contributed by atoms with E-state index in [1.54, 1.807) is 55.7 Å². The number of ether oxygens (including phenoxy) is 1. The zero-order valence-corrected chi connectivity index (χ0v) is 18.5. The molecule has 152 valence electrons. The van der Waals surface area contributed by atoms with E-state index >= 15 is 0 Å². The van der Waals surface area contributed by atoms with Gasteiger partial charge in [-0.3, -0.25) is 4.79 Å². The molecule has 5 nitrogen and oxygen atoms in total. The third-order valence-corrected chi connectivity index (χ3v) is 6.09. The number of aliphatic imine (C=N–C) groups is 1. The molecule has 0 unspecified atom stereocenters. The van der Waals surface area contributed by atoms with Crippen LogP contribution in [0, 0.1) is 0 Å². The van der Waals surface area contributed by atoms with E-state index in [0.717, 1.165) is 0 Å². The number of methoxy groups -OCH3 is 1. The third kappa shape index (κ3) is 4.37. The van der Waals surface area contributed by atoms with Gasteiger partial charge in [-0.1, -0.05) is 40.9 Å². The van der Waals surface area contributed by atoms with E-state index < -0.39 is 0 Å². The van der Waals surface area contributed by atoms with Crippen LogP contribution in [-0.4, -0.2) is 18.2 Å². The number of nitrogens with one attached hydrogen (secondary N) is 1. The summed E-state index contributed by atoms with van der Waals surface area (Å²) in [5.41, 5.74) is 1.19. The van der Waals surface area contributed by atoms with Gasteiger partial charge in [0.25, 0.3) is 5.91 Å². The first-order valence-electron chi connectivity index (χ1n) is 8.62. The number of nitrogens with zero attached hydrogens (tertiary/aromatic N) is 1. The number of halogens is 3. The van der Waals surface area contributed by atoms with E-state index in [1.807, 2.05) is 6.07 Å². The summed E-state index contributed by atoms with van der Waals surface area (Å²) in [5, 5.41) is 4.50. The van der Waals surface area contributed by atoms with E-state index in [-0.39, 0.29) is 5.91 Å². The number of rotatable bonds is 4. The largest absolute Gasteiger partial charge is 0.494 e. The lowest BCUT2D eigenvalue weighted by atomic mass is 10.2. The molecule has 0 saturated carbocycles. The highest BCUT2D eigenvalue weighted by atomic mass is 35.5. The molecule has 2 heterocycles. The van der Waals surface area contributed by atoms with E-state index in [9.17, 15) is 4.79 Å². The van der Waals surface area contributed by atoms with Crippen molar-refractivity contribution in [2.45, 2.75) is 0 Å². The van der Waals surface area contributed by atoms with Crippen LogP contribution in [0.15, 0.2) is 62.8 Å². The standard InChI is InChI=1S/C21H13Cl3N2O3S/c1-28-17-7-5-11(22)9-15(17)25-21-26-20(27)18(30-21)10-12-6-8-16(29-12)13-3-2-4-14(23)19(13)24/h2-10H,1H3,(H,25,26,27)/b18-10-. The quantitative estimate of drug-likeness (QED) is 0.418. The lowest BCUT2D eigenvalue weighted by Crippen LogP contribution is -2.19. The Labute approximate surface area is 191 Å². The first-order valence-corrected chi connectivity index (χ1v) is 10.6. The summed E-state index contributed by atoms with van der Waals surface area (Å²) in [4.78, 5) is 17.2. The fourth-order valence-electron chi connectivity index (χ4n) is 2.74. The topological polar surface area (TPSA) is 63.8 Å². The van der Waals surface area contributed by atoms with Crippen LogP contribution in [0.5, 0.6) is 5.75 Å². The highest BCUT2D eigenvalue weighted by Crippen LogP contribution is 2.36. The van der Waals surface area contributed by atoms with Crippen LogP contribution in [0.25, 0.3) is 17.4 Å². The molecule has 1 saturated heterocycles. The predicted molar refractivity (Wildman–Crippen MR) is 123 cm³/mol. The summed E-state index contributed by atoms with van der Waals surface area (Å²) in [7, 11) is 1.54. The molecule has 1 aliphatic heterocycles. The van der Waals surface area contributed by atoms with Crippen molar-refractivity contribution < 1.29 is 13.9 Å². The minimum absolute atomic E-state index is 0.279. The molecule has 1 N–H and O–H groups in total. The number of carbonyl (C=O) groups is 1. The van der Waals surface area contributed by atoms with Crippen LogP contribution in [0.3, 0.4) is 0 Å². The molecule has 0 radical (unpaired) electrons. The van der Waals surface area contributed by atoms with Gasteiger partial charge in [-0.05, 0) is 54.2 Å². The molecule has 4 rings (SSSR count). The summed E-state index contributed by atoms with van der Waals surface area (Å²) in [5.74, 6) is 1.32. The van der Waals surface area contributed by atoms with Crippen LogP contribution >= 0.6 is 46.6 Å². The molecule has 1 aromatic heterocycles. The molecule has 30 heavy (non-hydrogen) atoms. The van der Waals surface area contributed by atoms with Gasteiger partial charge in [0, 0.05) is 16.7 Å². The second-order valence-corrected chi connectivity index (χ2v) is 8.35. The van der Waals surface area contributed by atoms with Gasteiger partial charge in [-0.2, -0.15) is 0 Å². The third-order valence-electron chi connectivity index (χ3n) is 4.13. The molecule has 0 bridgehead atoms. The van der Waals surface area contributed by atoms with Gasteiger partial charge >= 0.3 is 0 Å². The van der Waals surface area contributed by atoms with E-state index in [0.29, 0.717) is 53.7 Å². The van der Waals surface area contributed by atoms with Crippen molar-refractivity contribution in [3.63, 3.8) is 0 Å². The van der Waals surface area contributed by atoms with Gasteiger partial charge in [0.15, 0.2) is 5.17 Å². The molecule has 2 aromatic carbocycles. The fourth-order valence-corrected chi connectivity index (χ4v) is 4.11. The van der Waals surface area contributed by atoms with Crippen LogP contribution in [-0.2, 0) is 4.79 Å². The zero-order valence-electron chi connectivity index (χ0n) is 15.4. The molecule has 1 aliphatic rings. The van der Waals surface area contributed by atoms with Gasteiger partial charge in [-0.25, -0.2) is 4.99 Å². The minimum atomic E-state index is -0.279. The number of carbonyl (C=O) groups excluding carboxylic acids is 1. The molecule has 1 fully saturated rings. The van der Waals surface area contributed by atoms with E-state index in [1.165, 1.54) is 11.8 Å². The van der Waals surface area contributed by atoms with Gasteiger partial charge in [0.2, 0.25) is 0 Å². The monoisotopic (exact) mass is 478 g/mol. The molecular formula is C21H13Cl3N2O3S. The Hall–Kier alpha value is -2.38. The highest BCUT2D eigenvalue weighted by molar-refractivity contribution is 8.18. The number of hydrogen-bond donors (Lipinski definition) is 1. The maximum Gasteiger partial charge on any atom is 0.264 e. The lowest BCUT2D eigenvalue weighted by molar-refractivity contribution is -0.115. The Morgan fingerprint density at radius 3 is 2.77 bits per heavy atom. The van der Waals surface area contributed by atoms with Crippen molar-refractivity contribution in [2.75, 3.05) is 7.11 Å². The van der Waals surface area contributed by atoms with E-state index in [4.69, 9.17) is 44.0 Å². The minimum Gasteiger partial charge on any atom is -0.494 e. The Morgan fingerprint density at radius 1 is 1.13 bits per heavy atom. The van der Waals surface area contributed by atoms with Crippen LogP contribution in [0.2, 0.25) is 15.1 Å². The fraction of sp³-hybridized carbons (Fsp3) is 0.0476. The summed E-state index contributed by atoms with van der Waals surface area (Å²) >= 11 is 19.5. The summed E-state index contributed by atoms with van der Waals surface area (Å²) in [6, 6.07) is 13.9. The van der Waals surface area contributed by atoms with Crippen molar-refractivity contribution in [1.82, 2.24) is 5.32 Å². The van der Waals surface area contributed by atoms with Gasteiger partial charge in [0.1, 0.15) is 23.0 Å². The molecule has 0 aliphatic carbocycles. The van der Waals surface area contributed by atoms with Gasteiger partial charge < -0.3 is 14.5 Å². The normalized spacial score (nSPS) is 16.3. The highest BCUT2D eigenvalue weighted by Gasteiger charge is 2.25.